The largest absolute Gasteiger partial charge is 0.326 e. The lowest BCUT2D eigenvalue weighted by atomic mass is 10.1. The number of rotatable bonds is 6. The van der Waals surface area contributed by atoms with Gasteiger partial charge in [0.2, 0.25) is 21.8 Å². The van der Waals surface area contributed by atoms with Crippen molar-refractivity contribution in [2.75, 3.05) is 16.8 Å². The Morgan fingerprint density at radius 3 is 2.60 bits per heavy atom. The molecule has 0 aliphatic carbocycles. The fourth-order valence-electron chi connectivity index (χ4n) is 3.53. The van der Waals surface area contributed by atoms with Crippen LogP contribution in [0.25, 0.3) is 0 Å². The highest BCUT2D eigenvalue weighted by Gasteiger charge is 2.30. The number of halogens is 1. The maximum atomic E-state index is 12.6. The second kappa shape index (κ2) is 8.75. The van der Waals surface area contributed by atoms with E-state index < -0.39 is 10.0 Å². The molecule has 1 atom stereocenters. The lowest BCUT2D eigenvalue weighted by Crippen LogP contribution is -2.33. The van der Waals surface area contributed by atoms with Gasteiger partial charge in [0.25, 0.3) is 0 Å². The first kappa shape index (κ1) is 22.3. The van der Waals surface area contributed by atoms with E-state index in [-0.39, 0.29) is 35.7 Å². The Labute approximate surface area is 181 Å². The van der Waals surface area contributed by atoms with Crippen LogP contribution in [-0.2, 0) is 26.0 Å². The second-order valence-electron chi connectivity index (χ2n) is 7.39. The van der Waals surface area contributed by atoms with Crippen molar-refractivity contribution in [1.82, 2.24) is 4.72 Å². The summed E-state index contributed by atoms with van der Waals surface area (Å²) in [6, 6.07) is 9.89. The van der Waals surface area contributed by atoms with Gasteiger partial charge in [-0.05, 0) is 61.7 Å². The predicted molar refractivity (Wildman–Crippen MR) is 117 cm³/mol. The van der Waals surface area contributed by atoms with Crippen molar-refractivity contribution in [1.29, 1.82) is 0 Å². The third-order valence-corrected chi connectivity index (χ3v) is 6.88. The van der Waals surface area contributed by atoms with Crippen molar-refractivity contribution >= 4 is 44.8 Å². The lowest BCUT2D eigenvalue weighted by Gasteiger charge is -2.20. The van der Waals surface area contributed by atoms with Crippen molar-refractivity contribution in [2.45, 2.75) is 44.6 Å². The van der Waals surface area contributed by atoms with Crippen LogP contribution in [0.5, 0.6) is 0 Å². The summed E-state index contributed by atoms with van der Waals surface area (Å²) < 4.78 is 27.7. The van der Waals surface area contributed by atoms with E-state index in [0.717, 1.165) is 16.8 Å². The molecule has 2 N–H and O–H groups in total. The summed E-state index contributed by atoms with van der Waals surface area (Å²) in [5.41, 5.74) is 3.01. The minimum atomic E-state index is -3.77. The molecule has 0 spiro atoms. The Hall–Kier alpha value is -2.42. The van der Waals surface area contributed by atoms with E-state index in [9.17, 15) is 18.0 Å². The van der Waals surface area contributed by atoms with E-state index >= 15 is 0 Å². The Kier molecular flexibility index (Phi) is 6.50. The molecule has 0 radical (unpaired) electrons. The highest BCUT2D eigenvalue weighted by Crippen LogP contribution is 2.33. The topological polar surface area (TPSA) is 95.6 Å². The van der Waals surface area contributed by atoms with Gasteiger partial charge in [-0.3, -0.25) is 9.59 Å². The van der Waals surface area contributed by atoms with Crippen LogP contribution in [0.1, 0.15) is 31.4 Å². The first-order valence-corrected chi connectivity index (χ1v) is 11.4. The predicted octanol–water partition coefficient (Wildman–Crippen LogP) is 3.25. The minimum absolute atomic E-state index is 0.0117. The van der Waals surface area contributed by atoms with Crippen LogP contribution in [0.3, 0.4) is 0 Å². The average Bonchev–Trinajstić information content (AvgIpc) is 2.99. The third-order valence-electron chi connectivity index (χ3n) is 5.02. The molecular weight excluding hydrogens is 426 g/mol. The lowest BCUT2D eigenvalue weighted by molar-refractivity contribution is -0.117. The van der Waals surface area contributed by atoms with Gasteiger partial charge in [0.1, 0.15) is 0 Å². The molecule has 3 rings (SSSR count). The average molecular weight is 450 g/mol. The zero-order valence-corrected chi connectivity index (χ0v) is 18.6. The Balaban J connectivity index is 1.60. The minimum Gasteiger partial charge on any atom is -0.326 e. The molecule has 2 aromatic carbocycles. The number of fused-ring (bicyclic) bond motifs is 1. The van der Waals surface area contributed by atoms with Gasteiger partial charge in [-0.25, -0.2) is 13.1 Å². The molecule has 0 saturated carbocycles. The molecule has 9 heteroatoms. The number of hydrogen-bond acceptors (Lipinski definition) is 4. The van der Waals surface area contributed by atoms with Crippen LogP contribution in [0.15, 0.2) is 41.3 Å². The fraction of sp³-hybridized carbons (Fsp3) is 0.333. The molecule has 0 saturated heterocycles. The Bertz CT molecular complexity index is 1100. The van der Waals surface area contributed by atoms with Gasteiger partial charge in [0.15, 0.2) is 0 Å². The molecule has 2 aromatic rings. The number of benzene rings is 2. The second-order valence-corrected chi connectivity index (χ2v) is 9.57. The number of aryl methyl sites for hydroxylation is 1. The molecule has 1 aliphatic heterocycles. The molecule has 1 aliphatic rings. The van der Waals surface area contributed by atoms with Gasteiger partial charge in [-0.2, -0.15) is 0 Å². The summed E-state index contributed by atoms with van der Waals surface area (Å²) in [4.78, 5) is 25.7. The molecule has 0 unspecified atom stereocenters. The van der Waals surface area contributed by atoms with Crippen LogP contribution in [-0.4, -0.2) is 32.8 Å². The highest BCUT2D eigenvalue weighted by molar-refractivity contribution is 7.89. The number of nitrogens with zero attached hydrogens (tertiary/aromatic N) is 1. The summed E-state index contributed by atoms with van der Waals surface area (Å²) in [6.07, 6.45) is 0.574. The maximum absolute atomic E-state index is 12.6. The quantitative estimate of drug-likeness (QED) is 0.707. The molecule has 1 heterocycles. The third kappa shape index (κ3) is 4.83. The normalized spacial score (nSPS) is 15.7. The summed E-state index contributed by atoms with van der Waals surface area (Å²) >= 11 is 6.04. The zero-order valence-electron chi connectivity index (χ0n) is 17.0. The number of nitrogens with one attached hydrogen (secondary N) is 2. The van der Waals surface area contributed by atoms with Crippen LogP contribution in [0.2, 0.25) is 5.02 Å². The van der Waals surface area contributed by atoms with Crippen LogP contribution >= 0.6 is 11.6 Å². The van der Waals surface area contributed by atoms with Crippen molar-refractivity contribution < 1.29 is 18.0 Å². The number of carbonyl (C=O) groups is 2. The zero-order chi connectivity index (χ0) is 22.1. The summed E-state index contributed by atoms with van der Waals surface area (Å²) in [6.45, 7) is 5.24. The first-order chi connectivity index (χ1) is 14.1. The first-order valence-electron chi connectivity index (χ1n) is 9.57. The molecule has 2 amide bonds. The van der Waals surface area contributed by atoms with Crippen LogP contribution < -0.4 is 14.9 Å². The molecule has 30 heavy (non-hydrogen) atoms. The molecule has 0 fully saturated rings. The van der Waals surface area contributed by atoms with E-state index in [1.165, 1.54) is 13.0 Å². The van der Waals surface area contributed by atoms with Crippen LogP contribution in [0, 0.1) is 6.92 Å². The monoisotopic (exact) mass is 449 g/mol. The van der Waals surface area contributed by atoms with Gasteiger partial charge in [0, 0.05) is 42.3 Å². The van der Waals surface area contributed by atoms with E-state index in [1.807, 2.05) is 13.8 Å². The number of sulfonamides is 1. The SMILES string of the molecule is CC(=O)N1c2ccc(S(=O)(=O)NCCC(=O)Nc3ccc(C)c(Cl)c3)cc2C[C@@H]1C. The number of carbonyl (C=O) groups excluding carboxylic acids is 2. The fourth-order valence-corrected chi connectivity index (χ4v) is 4.79. The smallest absolute Gasteiger partial charge is 0.240 e. The summed E-state index contributed by atoms with van der Waals surface area (Å²) in [7, 11) is -3.77. The number of amides is 2. The van der Waals surface area contributed by atoms with Gasteiger partial charge in [-0.15, -0.1) is 0 Å². The van der Waals surface area contributed by atoms with Gasteiger partial charge >= 0.3 is 0 Å². The molecule has 7 nitrogen and oxygen atoms in total. The van der Waals surface area contributed by atoms with E-state index in [4.69, 9.17) is 11.6 Å². The maximum Gasteiger partial charge on any atom is 0.240 e. The van der Waals surface area contributed by atoms with E-state index in [2.05, 4.69) is 10.0 Å². The summed E-state index contributed by atoms with van der Waals surface area (Å²) in [5, 5.41) is 3.24. The number of anilines is 2. The number of hydrogen-bond donors (Lipinski definition) is 2. The molecule has 0 bridgehead atoms. The highest BCUT2D eigenvalue weighted by atomic mass is 35.5. The van der Waals surface area contributed by atoms with Crippen molar-refractivity contribution in [3.05, 3.63) is 52.5 Å². The van der Waals surface area contributed by atoms with E-state index in [0.29, 0.717) is 17.1 Å². The van der Waals surface area contributed by atoms with Crippen molar-refractivity contribution in [3.8, 4) is 0 Å². The van der Waals surface area contributed by atoms with Crippen LogP contribution in [0.4, 0.5) is 11.4 Å². The van der Waals surface area contributed by atoms with Crippen molar-refractivity contribution in [2.24, 2.45) is 0 Å². The Morgan fingerprint density at radius 1 is 1.20 bits per heavy atom. The molecule has 0 aromatic heterocycles. The van der Waals surface area contributed by atoms with Gasteiger partial charge in [-0.1, -0.05) is 17.7 Å². The standard InChI is InChI=1S/C21H24ClN3O4S/c1-13-4-5-17(12-19(13)22)24-21(27)8-9-23-30(28,29)18-6-7-20-16(11-18)10-14(2)25(20)15(3)26/h4-7,11-12,14,23H,8-10H2,1-3H3,(H,24,27)/t14-/m0/s1. The molecular formula is C21H24ClN3O4S. The van der Waals surface area contributed by atoms with Gasteiger partial charge < -0.3 is 10.2 Å². The van der Waals surface area contributed by atoms with E-state index in [1.54, 1.807) is 35.2 Å². The van der Waals surface area contributed by atoms with Gasteiger partial charge in [0.05, 0.1) is 4.90 Å². The summed E-state index contributed by atoms with van der Waals surface area (Å²) in [5.74, 6) is -0.395. The molecule has 160 valence electrons. The van der Waals surface area contributed by atoms with Crippen molar-refractivity contribution in [3.63, 3.8) is 0 Å². The Morgan fingerprint density at radius 2 is 1.93 bits per heavy atom.